The normalized spacial score (nSPS) is 20.3. The van der Waals surface area contributed by atoms with Gasteiger partial charge in [0.15, 0.2) is 5.96 Å². The smallest absolute Gasteiger partial charge is 0.191 e. The van der Waals surface area contributed by atoms with Gasteiger partial charge in [-0.2, -0.15) is 0 Å². The molecule has 0 bridgehead atoms. The van der Waals surface area contributed by atoms with E-state index in [0.29, 0.717) is 26.4 Å². The van der Waals surface area contributed by atoms with Gasteiger partial charge in [-0.05, 0) is 11.4 Å². The fraction of sp³-hybridized carbons (Fsp3) is 0.667. The average molecular weight is 311 g/mol. The molecule has 0 radical (unpaired) electrons. The highest BCUT2D eigenvalue weighted by atomic mass is 32.1. The van der Waals surface area contributed by atoms with Crippen LogP contribution in [0.4, 0.5) is 0 Å². The third kappa shape index (κ3) is 4.98. The minimum absolute atomic E-state index is 0.0796. The predicted octanol–water partition coefficient (Wildman–Crippen LogP) is 1.61. The molecule has 6 heteroatoms. The van der Waals surface area contributed by atoms with Crippen LogP contribution >= 0.6 is 11.3 Å². The molecule has 1 unspecified atom stereocenters. The number of hydrogen-bond donors (Lipinski definition) is 2. The third-order valence-corrected chi connectivity index (χ3v) is 4.73. The van der Waals surface area contributed by atoms with E-state index in [1.165, 1.54) is 4.88 Å². The monoisotopic (exact) mass is 311 g/mol. The molecule has 1 atom stereocenters. The molecule has 0 amide bonds. The van der Waals surface area contributed by atoms with Gasteiger partial charge in [0.2, 0.25) is 0 Å². The van der Waals surface area contributed by atoms with E-state index in [-0.39, 0.29) is 11.5 Å². The average Bonchev–Trinajstić information content (AvgIpc) is 3.03. The summed E-state index contributed by atoms with van der Waals surface area (Å²) in [7, 11) is 1.78. The summed E-state index contributed by atoms with van der Waals surface area (Å²) in [5.41, 5.74) is 0.0796. The van der Waals surface area contributed by atoms with Gasteiger partial charge in [-0.25, -0.2) is 0 Å². The van der Waals surface area contributed by atoms with Crippen molar-refractivity contribution in [2.24, 2.45) is 4.99 Å². The Morgan fingerprint density at radius 2 is 2.29 bits per heavy atom. The molecule has 0 saturated carbocycles. The highest BCUT2D eigenvalue weighted by Crippen LogP contribution is 2.26. The molecule has 5 nitrogen and oxygen atoms in total. The summed E-state index contributed by atoms with van der Waals surface area (Å²) < 4.78 is 11.0. The summed E-state index contributed by atoms with van der Waals surface area (Å²) in [6.07, 6.45) is 0.0996. The maximum absolute atomic E-state index is 5.61. The van der Waals surface area contributed by atoms with Gasteiger partial charge in [0, 0.05) is 30.4 Å². The van der Waals surface area contributed by atoms with Gasteiger partial charge in [0.05, 0.1) is 25.9 Å². The standard InChI is InChI=1S/C15H25N3O2S/c1-15(2,13-5-4-8-21-13)11-18-14(16-3)17-9-12-10-19-6-7-20-12/h4-5,8,12H,6-7,9-11H2,1-3H3,(H2,16,17,18). The lowest BCUT2D eigenvalue weighted by Gasteiger charge is -2.27. The second-order valence-electron chi connectivity index (χ2n) is 5.74. The fourth-order valence-corrected chi connectivity index (χ4v) is 2.99. The van der Waals surface area contributed by atoms with Crippen LogP contribution in [0.3, 0.4) is 0 Å². The summed E-state index contributed by atoms with van der Waals surface area (Å²) in [6.45, 7) is 8.01. The Bertz CT molecular complexity index is 440. The van der Waals surface area contributed by atoms with Gasteiger partial charge in [-0.15, -0.1) is 11.3 Å². The number of rotatable bonds is 5. The van der Waals surface area contributed by atoms with Crippen molar-refractivity contribution in [1.82, 2.24) is 10.6 Å². The van der Waals surface area contributed by atoms with Crippen LogP contribution < -0.4 is 10.6 Å². The maximum Gasteiger partial charge on any atom is 0.191 e. The first kappa shape index (κ1) is 16.3. The number of aliphatic imine (C=N–C) groups is 1. The minimum Gasteiger partial charge on any atom is -0.376 e. The number of guanidine groups is 1. The molecule has 21 heavy (non-hydrogen) atoms. The first-order valence-electron chi connectivity index (χ1n) is 7.29. The molecule has 1 aromatic heterocycles. The Kier molecular flexibility index (Phi) is 6.02. The molecule has 1 fully saturated rings. The third-order valence-electron chi connectivity index (χ3n) is 3.49. The zero-order valence-corrected chi connectivity index (χ0v) is 13.8. The molecule has 1 aliphatic heterocycles. The molecule has 1 aromatic rings. The highest BCUT2D eigenvalue weighted by Gasteiger charge is 2.22. The Labute approximate surface area is 130 Å². The molecular formula is C15H25N3O2S. The number of hydrogen-bond acceptors (Lipinski definition) is 4. The van der Waals surface area contributed by atoms with Gasteiger partial charge in [0.25, 0.3) is 0 Å². The molecule has 1 aliphatic rings. The Morgan fingerprint density at radius 1 is 1.43 bits per heavy atom. The van der Waals surface area contributed by atoms with Crippen LogP contribution in [0.5, 0.6) is 0 Å². The van der Waals surface area contributed by atoms with Gasteiger partial charge in [-0.1, -0.05) is 19.9 Å². The van der Waals surface area contributed by atoms with Gasteiger partial charge >= 0.3 is 0 Å². The second kappa shape index (κ2) is 7.77. The van der Waals surface area contributed by atoms with Crippen LogP contribution in [0.15, 0.2) is 22.5 Å². The van der Waals surface area contributed by atoms with Crippen molar-refractivity contribution in [3.8, 4) is 0 Å². The van der Waals surface area contributed by atoms with E-state index in [2.05, 4.69) is 47.0 Å². The lowest BCUT2D eigenvalue weighted by atomic mass is 9.91. The molecule has 0 aromatic carbocycles. The van der Waals surface area contributed by atoms with Crippen LogP contribution in [-0.2, 0) is 14.9 Å². The zero-order chi connectivity index (χ0) is 15.1. The molecule has 2 rings (SSSR count). The van der Waals surface area contributed by atoms with E-state index < -0.39 is 0 Å². The minimum atomic E-state index is 0.0796. The van der Waals surface area contributed by atoms with E-state index in [1.807, 2.05) is 0 Å². The Balaban J connectivity index is 1.77. The number of nitrogens with one attached hydrogen (secondary N) is 2. The molecule has 0 spiro atoms. The van der Waals surface area contributed by atoms with Gasteiger partial charge in [0.1, 0.15) is 0 Å². The largest absolute Gasteiger partial charge is 0.376 e. The topological polar surface area (TPSA) is 54.9 Å². The van der Waals surface area contributed by atoms with E-state index in [4.69, 9.17) is 9.47 Å². The van der Waals surface area contributed by atoms with E-state index in [0.717, 1.165) is 12.5 Å². The van der Waals surface area contributed by atoms with Crippen molar-refractivity contribution >= 4 is 17.3 Å². The van der Waals surface area contributed by atoms with E-state index >= 15 is 0 Å². The fourth-order valence-electron chi connectivity index (χ4n) is 2.14. The molecule has 2 heterocycles. The summed E-state index contributed by atoms with van der Waals surface area (Å²) in [6, 6.07) is 4.27. The van der Waals surface area contributed by atoms with Crippen molar-refractivity contribution in [1.29, 1.82) is 0 Å². The van der Waals surface area contributed by atoms with Crippen LogP contribution in [-0.4, -0.2) is 52.0 Å². The summed E-state index contributed by atoms with van der Waals surface area (Å²) in [5, 5.41) is 8.80. The van der Waals surface area contributed by atoms with Crippen LogP contribution in [0.25, 0.3) is 0 Å². The number of ether oxygens (including phenoxy) is 2. The second-order valence-corrected chi connectivity index (χ2v) is 6.68. The van der Waals surface area contributed by atoms with Crippen molar-refractivity contribution in [3.05, 3.63) is 22.4 Å². The van der Waals surface area contributed by atoms with Gasteiger partial charge < -0.3 is 20.1 Å². The van der Waals surface area contributed by atoms with Crippen LogP contribution in [0.2, 0.25) is 0 Å². The van der Waals surface area contributed by atoms with Crippen LogP contribution in [0, 0.1) is 0 Å². The van der Waals surface area contributed by atoms with Crippen LogP contribution in [0.1, 0.15) is 18.7 Å². The summed E-state index contributed by atoms with van der Waals surface area (Å²) in [5.74, 6) is 0.800. The molecule has 0 aliphatic carbocycles. The molecule has 2 N–H and O–H groups in total. The number of thiophene rings is 1. The summed E-state index contributed by atoms with van der Waals surface area (Å²) in [4.78, 5) is 5.63. The lowest BCUT2D eigenvalue weighted by molar-refractivity contribution is -0.0850. The zero-order valence-electron chi connectivity index (χ0n) is 13.0. The van der Waals surface area contributed by atoms with Crippen molar-refractivity contribution in [2.75, 3.05) is 40.0 Å². The first-order valence-corrected chi connectivity index (χ1v) is 8.17. The number of nitrogens with zero attached hydrogens (tertiary/aromatic N) is 1. The summed E-state index contributed by atoms with van der Waals surface area (Å²) >= 11 is 1.79. The lowest BCUT2D eigenvalue weighted by Crippen LogP contribution is -2.47. The molecule has 1 saturated heterocycles. The first-order chi connectivity index (χ1) is 10.1. The van der Waals surface area contributed by atoms with Gasteiger partial charge in [-0.3, -0.25) is 4.99 Å². The van der Waals surface area contributed by atoms with E-state index in [9.17, 15) is 0 Å². The van der Waals surface area contributed by atoms with Crippen molar-refractivity contribution < 1.29 is 9.47 Å². The molecule has 118 valence electrons. The SMILES string of the molecule is CN=C(NCC1COCCO1)NCC(C)(C)c1cccs1. The predicted molar refractivity (Wildman–Crippen MR) is 87.3 cm³/mol. The van der Waals surface area contributed by atoms with Crippen molar-refractivity contribution in [3.63, 3.8) is 0 Å². The Morgan fingerprint density at radius 3 is 2.90 bits per heavy atom. The quantitative estimate of drug-likeness (QED) is 0.641. The van der Waals surface area contributed by atoms with E-state index in [1.54, 1.807) is 18.4 Å². The molecular weight excluding hydrogens is 286 g/mol. The highest BCUT2D eigenvalue weighted by molar-refractivity contribution is 7.10. The maximum atomic E-state index is 5.61. The van der Waals surface area contributed by atoms with Crippen molar-refractivity contribution in [2.45, 2.75) is 25.4 Å². The Hall–Kier alpha value is -1.11.